The molecule has 1 saturated heterocycles. The van der Waals surface area contributed by atoms with Crippen LogP contribution in [0.1, 0.15) is 38.4 Å². The van der Waals surface area contributed by atoms with Crippen LogP contribution < -0.4 is 5.32 Å². The third-order valence-corrected chi connectivity index (χ3v) is 4.84. The van der Waals surface area contributed by atoms with Crippen LogP contribution in [0.15, 0.2) is 43.0 Å². The van der Waals surface area contributed by atoms with Gasteiger partial charge in [-0.25, -0.2) is 19.4 Å². The predicted molar refractivity (Wildman–Crippen MR) is 87.6 cm³/mol. The van der Waals surface area contributed by atoms with Crippen LogP contribution in [-0.4, -0.2) is 31.6 Å². The first-order chi connectivity index (χ1) is 11.6. The average molecular weight is 327 g/mol. The van der Waals surface area contributed by atoms with Crippen molar-refractivity contribution >= 4 is 11.9 Å². The number of carbonyl (C=O) groups excluding carboxylic acids is 2. The van der Waals surface area contributed by atoms with Crippen LogP contribution in [-0.2, 0) is 11.3 Å². The second kappa shape index (κ2) is 6.43. The second-order valence-corrected chi connectivity index (χ2v) is 5.93. The molecule has 2 aromatic rings. The van der Waals surface area contributed by atoms with Gasteiger partial charge in [0, 0.05) is 6.54 Å². The fourth-order valence-electron chi connectivity index (χ4n) is 3.34. The fourth-order valence-corrected chi connectivity index (χ4v) is 3.34. The van der Waals surface area contributed by atoms with E-state index in [1.54, 1.807) is 11.0 Å². The molecule has 1 aliphatic heterocycles. The number of hydrogen-bond donors (Lipinski definition) is 1. The number of β-lactam (4-membered cyclic amide) rings is 1. The van der Waals surface area contributed by atoms with Crippen molar-refractivity contribution in [1.29, 1.82) is 0 Å². The smallest absolute Gasteiger partial charge is 0.326 e. The Bertz CT molecular complexity index is 710. The molecule has 24 heavy (non-hydrogen) atoms. The van der Waals surface area contributed by atoms with Gasteiger partial charge < -0.3 is 5.32 Å². The molecule has 0 aliphatic carbocycles. The molecule has 3 amide bonds. The zero-order valence-electron chi connectivity index (χ0n) is 13.8. The number of benzene rings is 1. The Kier molecular flexibility index (Phi) is 4.33. The zero-order chi connectivity index (χ0) is 17.2. The lowest BCUT2D eigenvalue weighted by molar-refractivity contribution is -0.176. The van der Waals surface area contributed by atoms with E-state index >= 15 is 0 Å². The van der Waals surface area contributed by atoms with Crippen LogP contribution in [0.2, 0.25) is 0 Å². The van der Waals surface area contributed by atoms with Crippen LogP contribution in [0.25, 0.3) is 0 Å². The van der Waals surface area contributed by atoms with Gasteiger partial charge in [-0.05, 0) is 18.4 Å². The van der Waals surface area contributed by atoms with E-state index in [9.17, 15) is 9.59 Å². The van der Waals surface area contributed by atoms with Crippen LogP contribution >= 0.6 is 0 Å². The minimum absolute atomic E-state index is 0.154. The number of urea groups is 1. The lowest BCUT2D eigenvalue weighted by atomic mass is 9.70. The van der Waals surface area contributed by atoms with Crippen molar-refractivity contribution < 1.29 is 9.59 Å². The molecule has 0 bridgehead atoms. The third kappa shape index (κ3) is 2.46. The highest BCUT2D eigenvalue weighted by Crippen LogP contribution is 2.51. The molecule has 1 unspecified atom stereocenters. The summed E-state index contributed by atoms with van der Waals surface area (Å²) in [6.45, 7) is 4.30. The topological polar surface area (TPSA) is 80.1 Å². The zero-order valence-corrected chi connectivity index (χ0v) is 13.8. The van der Waals surface area contributed by atoms with E-state index in [2.05, 4.69) is 15.4 Å². The molecule has 0 radical (unpaired) electrons. The van der Waals surface area contributed by atoms with E-state index in [4.69, 9.17) is 0 Å². The molecule has 1 aliphatic rings. The van der Waals surface area contributed by atoms with Gasteiger partial charge >= 0.3 is 6.03 Å². The van der Waals surface area contributed by atoms with E-state index in [1.807, 2.05) is 44.2 Å². The Labute approximate surface area is 140 Å². The highest BCUT2D eigenvalue weighted by atomic mass is 16.2. The number of hydrogen-bond acceptors (Lipinski definition) is 4. The maximum atomic E-state index is 12.7. The Balaban J connectivity index is 1.78. The van der Waals surface area contributed by atoms with Crippen LogP contribution in [0.5, 0.6) is 0 Å². The maximum absolute atomic E-state index is 12.7. The van der Waals surface area contributed by atoms with Gasteiger partial charge in [0.05, 0.1) is 5.41 Å². The molecular weight excluding hydrogens is 306 g/mol. The van der Waals surface area contributed by atoms with E-state index < -0.39 is 17.6 Å². The van der Waals surface area contributed by atoms with Gasteiger partial charge in [-0.2, -0.15) is 5.10 Å². The Hall–Kier alpha value is -2.70. The molecule has 7 nitrogen and oxygen atoms in total. The lowest BCUT2D eigenvalue weighted by Gasteiger charge is -2.53. The van der Waals surface area contributed by atoms with Crippen LogP contribution in [0.3, 0.4) is 0 Å². The van der Waals surface area contributed by atoms with Crippen molar-refractivity contribution in [3.63, 3.8) is 0 Å². The predicted octanol–water partition coefficient (Wildman–Crippen LogP) is 2.34. The van der Waals surface area contributed by atoms with Gasteiger partial charge in [0.25, 0.3) is 0 Å². The molecule has 2 heterocycles. The monoisotopic (exact) mass is 327 g/mol. The standard InChI is InChI=1S/C17H21N5O2/c1-3-17(4-2)14(21-12-18-11-20-21)22(15(17)23)16(24)19-10-13-8-6-5-7-9-13/h5-9,11-12,14H,3-4,10H2,1-2H3,(H,19,24). The van der Waals surface area contributed by atoms with Crippen LogP contribution in [0, 0.1) is 5.41 Å². The number of nitrogens with zero attached hydrogens (tertiary/aromatic N) is 4. The molecule has 0 spiro atoms. The molecule has 1 N–H and O–H groups in total. The number of imide groups is 1. The normalized spacial score (nSPS) is 19.0. The Morgan fingerprint density at radius 3 is 2.54 bits per heavy atom. The molecule has 126 valence electrons. The number of aromatic nitrogens is 3. The molecule has 0 saturated carbocycles. The summed E-state index contributed by atoms with van der Waals surface area (Å²) in [6.07, 6.45) is 3.83. The summed E-state index contributed by atoms with van der Waals surface area (Å²) in [5.74, 6) is -0.154. The minimum Gasteiger partial charge on any atom is -0.333 e. The highest BCUT2D eigenvalue weighted by molar-refractivity contribution is 6.03. The summed E-state index contributed by atoms with van der Waals surface area (Å²) >= 11 is 0. The largest absolute Gasteiger partial charge is 0.333 e. The van der Waals surface area contributed by atoms with E-state index in [-0.39, 0.29) is 5.91 Å². The summed E-state index contributed by atoms with van der Waals surface area (Å²) in [7, 11) is 0. The van der Waals surface area contributed by atoms with Crippen LogP contribution in [0.4, 0.5) is 4.79 Å². The summed E-state index contributed by atoms with van der Waals surface area (Å²) in [4.78, 5) is 30.5. The van der Waals surface area contributed by atoms with E-state index in [0.29, 0.717) is 19.4 Å². The van der Waals surface area contributed by atoms with Crippen molar-refractivity contribution in [2.45, 2.75) is 39.4 Å². The SMILES string of the molecule is CCC1(CC)C(=O)N(C(=O)NCc2ccccc2)C1n1cncn1. The number of rotatable bonds is 5. The van der Waals surface area contributed by atoms with Gasteiger partial charge in [-0.1, -0.05) is 44.2 Å². The minimum atomic E-state index is -0.599. The quantitative estimate of drug-likeness (QED) is 0.855. The lowest BCUT2D eigenvalue weighted by Crippen LogP contribution is -2.68. The maximum Gasteiger partial charge on any atom is 0.326 e. The first-order valence-corrected chi connectivity index (χ1v) is 8.13. The Morgan fingerprint density at radius 2 is 1.96 bits per heavy atom. The van der Waals surface area contributed by atoms with E-state index in [0.717, 1.165) is 5.56 Å². The highest BCUT2D eigenvalue weighted by Gasteiger charge is 2.62. The number of nitrogens with one attached hydrogen (secondary N) is 1. The number of likely N-dealkylation sites (tertiary alicyclic amines) is 1. The number of amides is 3. The number of carbonyl (C=O) groups is 2. The van der Waals surface area contributed by atoms with Crippen molar-refractivity contribution in [2.24, 2.45) is 5.41 Å². The average Bonchev–Trinajstić information content (AvgIpc) is 3.13. The third-order valence-electron chi connectivity index (χ3n) is 4.84. The Morgan fingerprint density at radius 1 is 1.25 bits per heavy atom. The van der Waals surface area contributed by atoms with Gasteiger partial charge in [0.2, 0.25) is 5.91 Å². The van der Waals surface area contributed by atoms with Gasteiger partial charge in [-0.15, -0.1) is 0 Å². The molecular formula is C17H21N5O2. The van der Waals surface area contributed by atoms with Crippen molar-refractivity contribution in [3.8, 4) is 0 Å². The van der Waals surface area contributed by atoms with Gasteiger partial charge in [0.15, 0.2) is 6.17 Å². The first-order valence-electron chi connectivity index (χ1n) is 8.13. The fraction of sp³-hybridized carbons (Fsp3) is 0.412. The van der Waals surface area contributed by atoms with Crippen molar-refractivity contribution in [1.82, 2.24) is 25.0 Å². The summed E-state index contributed by atoms with van der Waals surface area (Å²) in [6, 6.07) is 9.19. The molecule has 1 aromatic carbocycles. The van der Waals surface area contributed by atoms with Gasteiger partial charge in [0.1, 0.15) is 12.7 Å². The molecule has 1 aromatic heterocycles. The van der Waals surface area contributed by atoms with Crippen molar-refractivity contribution in [2.75, 3.05) is 0 Å². The summed E-state index contributed by atoms with van der Waals surface area (Å²) < 4.78 is 1.59. The van der Waals surface area contributed by atoms with Gasteiger partial charge in [-0.3, -0.25) is 4.79 Å². The van der Waals surface area contributed by atoms with Crippen molar-refractivity contribution in [3.05, 3.63) is 48.5 Å². The van der Waals surface area contributed by atoms with E-state index in [1.165, 1.54) is 11.2 Å². The molecule has 1 atom stereocenters. The molecule has 3 rings (SSSR count). The molecule has 1 fully saturated rings. The summed E-state index contributed by atoms with van der Waals surface area (Å²) in [5, 5.41) is 6.96. The summed E-state index contributed by atoms with van der Waals surface area (Å²) in [5.41, 5.74) is 0.381. The second-order valence-electron chi connectivity index (χ2n) is 5.93. The first kappa shape index (κ1) is 16.2. The molecule has 7 heteroatoms.